The number of Topliss-reactive ketones (excluding diaryl/α,β-unsaturated/α-hetero) is 1. The molecule has 10 rings (SSSR count). The van der Waals surface area contributed by atoms with Crippen molar-refractivity contribution in [1.82, 2.24) is 5.32 Å². The maximum Gasteiger partial charge on any atom is 0.407 e. The van der Waals surface area contributed by atoms with E-state index in [4.69, 9.17) is 37.9 Å². The third-order valence-electron chi connectivity index (χ3n) is 19.7. The minimum absolute atomic E-state index is 0.0673. The first-order chi connectivity index (χ1) is 38.7. The lowest BCUT2D eigenvalue weighted by Gasteiger charge is -2.59. The van der Waals surface area contributed by atoms with Gasteiger partial charge in [0.25, 0.3) is 0 Å². The Bertz CT molecular complexity index is 2740. The predicted octanol–water partition coefficient (Wildman–Crippen LogP) is 6.93. The maximum absolute atomic E-state index is 14.2. The fraction of sp³-hybridized carbons (Fsp3) is 0.619. The number of nitrogens with one attached hydrogen (secondary N) is 1. The van der Waals surface area contributed by atoms with Crippen molar-refractivity contribution < 1.29 is 82.6 Å². The number of rotatable bonds is 18. The van der Waals surface area contributed by atoms with Gasteiger partial charge in [-0.3, -0.25) is 9.59 Å². The molecule has 6 N–H and O–H groups in total. The SMILES string of the molecule is COc1ccc(C(=O)OC2C(OC3C(O)COC(O[C@H]4C[C@H]5[C@@H]6CC=C7C[C@@H](O)CC[C@]7(C)C6CC[C@]5(C)[C@@]4(O)[C@H](C)C(=O)CCC(C)C)C3O)OCC(OC(=O)CCNC(=O)OCC3c4ccccc4-c4ccccc43)C2O)cc1. The molecular formula is C63H81NO17. The number of amides is 1. The molecule has 1 amide bonds. The van der Waals surface area contributed by atoms with Crippen LogP contribution in [0.1, 0.15) is 126 Å². The van der Waals surface area contributed by atoms with E-state index in [-0.39, 0.29) is 72.5 Å². The van der Waals surface area contributed by atoms with E-state index in [9.17, 15) is 44.7 Å². The van der Waals surface area contributed by atoms with E-state index < -0.39 is 103 Å². The molecule has 2 aliphatic heterocycles. The van der Waals surface area contributed by atoms with E-state index in [1.54, 1.807) is 19.1 Å². The smallest absolute Gasteiger partial charge is 0.407 e. The fourth-order valence-electron chi connectivity index (χ4n) is 15.0. The van der Waals surface area contributed by atoms with Crippen LogP contribution in [0.5, 0.6) is 5.75 Å². The van der Waals surface area contributed by atoms with Crippen LogP contribution in [0.15, 0.2) is 84.4 Å². The van der Waals surface area contributed by atoms with Gasteiger partial charge in [0.05, 0.1) is 44.5 Å². The number of carbonyl (C=O) groups excluding carboxylic acids is 4. The fourth-order valence-corrected chi connectivity index (χ4v) is 15.0. The molecule has 3 aromatic rings. The van der Waals surface area contributed by atoms with Crippen LogP contribution in [0, 0.1) is 40.4 Å². The molecule has 0 spiro atoms. The Morgan fingerprint density at radius 1 is 0.778 bits per heavy atom. The molecule has 5 aliphatic carbocycles. The topological polar surface area (TPSA) is 255 Å². The predicted molar refractivity (Wildman–Crippen MR) is 293 cm³/mol. The van der Waals surface area contributed by atoms with Crippen molar-refractivity contribution in [1.29, 1.82) is 0 Å². The van der Waals surface area contributed by atoms with Crippen LogP contribution in [0.2, 0.25) is 0 Å². The Morgan fingerprint density at radius 3 is 2.16 bits per heavy atom. The van der Waals surface area contributed by atoms with E-state index in [0.29, 0.717) is 37.4 Å². The van der Waals surface area contributed by atoms with Crippen LogP contribution in [0.3, 0.4) is 0 Å². The number of benzene rings is 3. The van der Waals surface area contributed by atoms with Crippen molar-refractivity contribution in [3.63, 3.8) is 0 Å². The van der Waals surface area contributed by atoms with E-state index in [1.165, 1.54) is 24.8 Å². The van der Waals surface area contributed by atoms with Crippen molar-refractivity contribution in [2.75, 3.05) is 33.5 Å². The second-order valence-corrected chi connectivity index (χ2v) is 24.6. The van der Waals surface area contributed by atoms with Crippen molar-refractivity contribution in [2.24, 2.45) is 40.4 Å². The minimum atomic E-state index is -1.77. The highest BCUT2D eigenvalue weighted by atomic mass is 16.7. The van der Waals surface area contributed by atoms with E-state index in [0.717, 1.165) is 47.9 Å². The lowest BCUT2D eigenvalue weighted by molar-refractivity contribution is -0.344. The summed E-state index contributed by atoms with van der Waals surface area (Å²) in [5, 5.41) is 62.3. The summed E-state index contributed by atoms with van der Waals surface area (Å²) >= 11 is 0. The maximum atomic E-state index is 14.2. The van der Waals surface area contributed by atoms with Gasteiger partial charge < -0.3 is 68.7 Å². The summed E-state index contributed by atoms with van der Waals surface area (Å²) < 4.78 is 47.6. The number of ether oxygens (including phenoxy) is 8. The van der Waals surface area contributed by atoms with Crippen molar-refractivity contribution in [3.05, 3.63) is 101 Å². The van der Waals surface area contributed by atoms with Gasteiger partial charge in [0.1, 0.15) is 48.2 Å². The number of aliphatic hydroxyl groups is 5. The Labute approximate surface area is 473 Å². The number of fused-ring (bicyclic) bond motifs is 8. The number of allylic oxidation sites excluding steroid dienone is 1. The molecule has 18 nitrogen and oxygen atoms in total. The van der Waals surface area contributed by atoms with Crippen LogP contribution in [-0.4, -0.2) is 150 Å². The zero-order valence-electron chi connectivity index (χ0n) is 47.3. The van der Waals surface area contributed by atoms with Crippen LogP contribution >= 0.6 is 0 Å². The number of hydrogen-bond acceptors (Lipinski definition) is 17. The molecule has 9 unspecified atom stereocenters. The molecule has 440 valence electrons. The number of methoxy groups -OCH3 is 1. The van der Waals surface area contributed by atoms with Gasteiger partial charge in [-0.1, -0.05) is 94.8 Å². The number of aliphatic hydroxyl groups excluding tert-OH is 4. The zero-order chi connectivity index (χ0) is 57.5. The summed E-state index contributed by atoms with van der Waals surface area (Å²) in [5.41, 5.74) is 3.05. The van der Waals surface area contributed by atoms with Crippen LogP contribution in [-0.2, 0) is 42.7 Å². The molecule has 2 saturated heterocycles. The normalized spacial score (nSPS) is 35.5. The van der Waals surface area contributed by atoms with Gasteiger partial charge in [-0.05, 0) is 127 Å². The Kier molecular flexibility index (Phi) is 17.5. The summed E-state index contributed by atoms with van der Waals surface area (Å²) in [5.74, 6) is -1.74. The standard InChI is InChI=1S/C63H81NO17/c1-34(2)15-22-48(66)35(3)63(73)51(30-47-44-21-18-37-29-38(65)23-26-61(37,4)46(44)24-27-62(47,63)5)79-58-54(70)55(49(67)32-75-58)81-59-56(80-57(71)36-16-19-39(74-6)20-17-36)53(69)50(33-76-59)78-52(68)25-28-64-60(72)77-31-45-42-13-9-7-11-40(42)41-12-8-10-14-43(41)45/h7-14,16-20,34-35,38,44-47,49-51,53-56,58-59,65,67,69-70,73H,15,21-33H2,1-6H3,(H,64,72)/t35-,38+,44-,46?,47+,49?,50?,51+,53?,54?,55?,56?,58?,59?,61+,62+,63-/m1/s1. The number of ketones is 1. The van der Waals surface area contributed by atoms with Crippen LogP contribution in [0.25, 0.3) is 11.1 Å². The van der Waals surface area contributed by atoms with Gasteiger partial charge in [-0.15, -0.1) is 0 Å². The molecule has 3 saturated carbocycles. The second kappa shape index (κ2) is 24.1. The van der Waals surface area contributed by atoms with Crippen LogP contribution < -0.4 is 10.1 Å². The molecule has 0 bridgehead atoms. The average Bonchev–Trinajstić information content (AvgIpc) is 3.72. The molecule has 2 heterocycles. The first-order valence-corrected chi connectivity index (χ1v) is 29.1. The van der Waals surface area contributed by atoms with Gasteiger partial charge in [-0.2, -0.15) is 0 Å². The third kappa shape index (κ3) is 11.3. The summed E-state index contributed by atoms with van der Waals surface area (Å²) in [7, 11) is 1.47. The summed E-state index contributed by atoms with van der Waals surface area (Å²) in [6.45, 7) is 9.31. The highest BCUT2D eigenvalue weighted by Crippen LogP contribution is 2.69. The lowest BCUT2D eigenvalue weighted by atomic mass is 9.46. The quantitative estimate of drug-likeness (QED) is 0.0429. The largest absolute Gasteiger partial charge is 0.497 e. The number of alkyl carbamates (subject to hydrolysis) is 1. The molecule has 0 radical (unpaired) electrons. The van der Waals surface area contributed by atoms with Crippen molar-refractivity contribution >= 4 is 23.8 Å². The highest BCUT2D eigenvalue weighted by molar-refractivity contribution is 5.89. The van der Waals surface area contributed by atoms with Gasteiger partial charge >= 0.3 is 18.0 Å². The second-order valence-electron chi connectivity index (χ2n) is 24.6. The van der Waals surface area contributed by atoms with Gasteiger partial charge in [0.15, 0.2) is 24.8 Å². The molecular weight excluding hydrogens is 1040 g/mol. The molecule has 18 heteroatoms. The first kappa shape index (κ1) is 58.9. The van der Waals surface area contributed by atoms with E-state index in [2.05, 4.69) is 39.1 Å². The highest BCUT2D eigenvalue weighted by Gasteiger charge is 2.70. The van der Waals surface area contributed by atoms with Gasteiger partial charge in [0, 0.05) is 30.2 Å². The minimum Gasteiger partial charge on any atom is -0.497 e. The number of esters is 2. The van der Waals surface area contributed by atoms with Gasteiger partial charge in [0.2, 0.25) is 0 Å². The molecule has 81 heavy (non-hydrogen) atoms. The number of hydrogen-bond donors (Lipinski definition) is 6. The summed E-state index contributed by atoms with van der Waals surface area (Å²) in [4.78, 5) is 54.2. The summed E-state index contributed by atoms with van der Waals surface area (Å²) in [6.07, 6.45) is -7.21. The Balaban J connectivity index is 0.820. The molecule has 0 aromatic heterocycles. The monoisotopic (exact) mass is 1120 g/mol. The van der Waals surface area contributed by atoms with Gasteiger partial charge in [-0.25, -0.2) is 9.59 Å². The van der Waals surface area contributed by atoms with Crippen molar-refractivity contribution in [3.8, 4) is 16.9 Å². The third-order valence-corrected chi connectivity index (χ3v) is 19.7. The molecule has 17 atom stereocenters. The van der Waals surface area contributed by atoms with Crippen molar-refractivity contribution in [2.45, 2.75) is 172 Å². The zero-order valence-corrected chi connectivity index (χ0v) is 47.3. The van der Waals surface area contributed by atoms with Crippen LogP contribution in [0.4, 0.5) is 4.79 Å². The Hall–Kier alpha value is -5.28. The lowest BCUT2D eigenvalue weighted by Crippen LogP contribution is -2.64. The average molecular weight is 1120 g/mol. The molecule has 5 fully saturated rings. The number of carbonyl (C=O) groups is 4. The molecule has 3 aromatic carbocycles. The Morgan fingerprint density at radius 2 is 1.47 bits per heavy atom. The molecule has 7 aliphatic rings. The van der Waals surface area contributed by atoms with E-state index in [1.807, 2.05) is 48.5 Å². The first-order valence-electron chi connectivity index (χ1n) is 29.1. The summed E-state index contributed by atoms with van der Waals surface area (Å²) in [6, 6.07) is 21.9. The van der Waals surface area contributed by atoms with E-state index >= 15 is 0 Å².